The van der Waals surface area contributed by atoms with Crippen LogP contribution in [0.3, 0.4) is 0 Å². The van der Waals surface area contributed by atoms with E-state index < -0.39 is 17.3 Å². The molecule has 1 fully saturated rings. The van der Waals surface area contributed by atoms with Gasteiger partial charge in [0.15, 0.2) is 11.5 Å². The summed E-state index contributed by atoms with van der Waals surface area (Å²) < 4.78 is 33.4. The van der Waals surface area contributed by atoms with Crippen LogP contribution in [0.15, 0.2) is 59.9 Å². The molecule has 2 aromatic heterocycles. The minimum atomic E-state index is -0.840. The van der Waals surface area contributed by atoms with Crippen LogP contribution in [0.1, 0.15) is 32.3 Å². The lowest BCUT2D eigenvalue weighted by molar-refractivity contribution is -0.126. The molecule has 4 heterocycles. The maximum Gasteiger partial charge on any atom is 0.355 e. The van der Waals surface area contributed by atoms with Crippen molar-refractivity contribution in [3.05, 3.63) is 82.8 Å². The Morgan fingerprint density at radius 3 is 2.43 bits per heavy atom. The number of amides is 2. The zero-order chi connectivity index (χ0) is 33.0. The molecule has 0 spiro atoms. The number of piperazine rings is 1. The monoisotopic (exact) mass is 627 g/mol. The minimum Gasteiger partial charge on any atom is -0.364 e. The summed E-state index contributed by atoms with van der Waals surface area (Å²) in [5, 5.41) is 0.253. The summed E-state index contributed by atoms with van der Waals surface area (Å²) in [5.41, 5.74) is 0.848. The third kappa shape index (κ3) is 4.97. The number of carbonyl (C=O) groups excluding carboxylic acids is 2. The van der Waals surface area contributed by atoms with Gasteiger partial charge in [-0.15, -0.1) is 0 Å². The number of para-hydroxylation sites is 1. The van der Waals surface area contributed by atoms with E-state index in [1.165, 1.54) is 46.9 Å². The van der Waals surface area contributed by atoms with E-state index in [1.54, 1.807) is 16.8 Å². The van der Waals surface area contributed by atoms with Crippen LogP contribution >= 0.6 is 0 Å². The minimum absolute atomic E-state index is 0.0650. The number of hydrogen-bond donors (Lipinski definition) is 0. The Bertz CT molecular complexity index is 1970. The largest absolute Gasteiger partial charge is 0.364 e. The summed E-state index contributed by atoms with van der Waals surface area (Å²) in [6.07, 6.45) is 1.26. The maximum absolute atomic E-state index is 16.3. The van der Waals surface area contributed by atoms with E-state index in [9.17, 15) is 14.4 Å². The van der Waals surface area contributed by atoms with Gasteiger partial charge in [0.25, 0.3) is 0 Å². The van der Waals surface area contributed by atoms with Gasteiger partial charge in [0.2, 0.25) is 11.8 Å². The molecule has 0 unspecified atom stereocenters. The van der Waals surface area contributed by atoms with E-state index in [0.29, 0.717) is 31.0 Å². The van der Waals surface area contributed by atoms with Crippen LogP contribution in [0.25, 0.3) is 28.0 Å². The smallest absolute Gasteiger partial charge is 0.355 e. The first-order valence-corrected chi connectivity index (χ1v) is 15.1. The molecule has 1 saturated heterocycles. The summed E-state index contributed by atoms with van der Waals surface area (Å²) in [6.45, 7) is 10.3. The number of hydrogen-bond acceptors (Lipinski definition) is 7. The van der Waals surface area contributed by atoms with Crippen molar-refractivity contribution in [3.63, 3.8) is 0 Å². The van der Waals surface area contributed by atoms with Gasteiger partial charge in [-0.05, 0) is 48.7 Å². The van der Waals surface area contributed by atoms with E-state index in [0.717, 1.165) is 5.56 Å². The Morgan fingerprint density at radius 2 is 1.74 bits per heavy atom. The SMILES string of the molecule is C=CC(=O)N1CCN(c2nc(=O)n3c4nc(c(F)cc24)-c2c(F)cccc2N(C)C(=O)CN(C)c2cccc(C(C)C)c2-3)[C@@H](C)C1. The summed E-state index contributed by atoms with van der Waals surface area (Å²) in [6, 6.07) is 10.7. The molecule has 2 aliphatic rings. The number of aromatic nitrogens is 3. The number of anilines is 3. The van der Waals surface area contributed by atoms with Gasteiger partial charge in [0.1, 0.15) is 17.3 Å². The fourth-order valence-electron chi connectivity index (χ4n) is 6.42. The molecular formula is C34H35F2N7O3. The number of rotatable bonds is 3. The molecule has 0 aliphatic carbocycles. The van der Waals surface area contributed by atoms with E-state index >= 15 is 8.78 Å². The lowest BCUT2D eigenvalue weighted by Gasteiger charge is -2.40. The number of likely N-dealkylation sites (N-methyl/N-ethyl adjacent to an activating group) is 2. The lowest BCUT2D eigenvalue weighted by Crippen LogP contribution is -2.54. The lowest BCUT2D eigenvalue weighted by atomic mass is 9.99. The highest BCUT2D eigenvalue weighted by atomic mass is 19.1. The van der Waals surface area contributed by atoms with Crippen molar-refractivity contribution in [1.82, 2.24) is 19.4 Å². The zero-order valence-corrected chi connectivity index (χ0v) is 26.4. The van der Waals surface area contributed by atoms with Gasteiger partial charge in [-0.3, -0.25) is 9.59 Å². The second-order valence-electron chi connectivity index (χ2n) is 12.1. The van der Waals surface area contributed by atoms with Gasteiger partial charge in [-0.1, -0.05) is 38.6 Å². The number of fused-ring (bicyclic) bond motifs is 5. The summed E-state index contributed by atoms with van der Waals surface area (Å²) >= 11 is 0. The molecule has 2 aliphatic heterocycles. The molecule has 10 nitrogen and oxygen atoms in total. The van der Waals surface area contributed by atoms with Crippen LogP contribution < -0.4 is 20.4 Å². The Morgan fingerprint density at radius 1 is 1.02 bits per heavy atom. The fourth-order valence-corrected chi connectivity index (χ4v) is 6.42. The topological polar surface area (TPSA) is 94.9 Å². The molecule has 12 heteroatoms. The number of carbonyl (C=O) groups is 2. The van der Waals surface area contributed by atoms with Gasteiger partial charge < -0.3 is 19.6 Å². The molecule has 46 heavy (non-hydrogen) atoms. The molecule has 238 valence electrons. The van der Waals surface area contributed by atoms with Crippen molar-refractivity contribution in [2.75, 3.05) is 55.0 Å². The molecular weight excluding hydrogens is 592 g/mol. The van der Waals surface area contributed by atoms with E-state index in [-0.39, 0.29) is 64.1 Å². The highest BCUT2D eigenvalue weighted by molar-refractivity contribution is 6.01. The summed E-state index contributed by atoms with van der Waals surface area (Å²) in [5.74, 6) is -2.03. The maximum atomic E-state index is 16.3. The van der Waals surface area contributed by atoms with Gasteiger partial charge in [0.05, 0.1) is 34.6 Å². The summed E-state index contributed by atoms with van der Waals surface area (Å²) in [7, 11) is 3.26. The first-order chi connectivity index (χ1) is 21.9. The van der Waals surface area contributed by atoms with Crippen molar-refractivity contribution in [2.45, 2.75) is 32.7 Å². The Kier molecular flexibility index (Phi) is 7.83. The van der Waals surface area contributed by atoms with E-state index in [4.69, 9.17) is 4.98 Å². The van der Waals surface area contributed by atoms with Crippen LogP contribution in [0, 0.1) is 11.6 Å². The number of nitrogens with zero attached hydrogens (tertiary/aromatic N) is 7. The molecule has 0 radical (unpaired) electrons. The van der Waals surface area contributed by atoms with Crippen LogP contribution in [-0.2, 0) is 9.59 Å². The van der Waals surface area contributed by atoms with Crippen LogP contribution in [0.5, 0.6) is 0 Å². The Hall–Kier alpha value is -5.13. The second kappa shape index (κ2) is 11.7. The molecule has 1 atom stereocenters. The van der Waals surface area contributed by atoms with Crippen LogP contribution in [0.4, 0.5) is 26.0 Å². The first-order valence-electron chi connectivity index (χ1n) is 15.1. The van der Waals surface area contributed by atoms with Gasteiger partial charge in [-0.2, -0.15) is 4.98 Å². The van der Waals surface area contributed by atoms with Crippen molar-refractivity contribution in [3.8, 4) is 16.9 Å². The predicted octanol–water partition coefficient (Wildman–Crippen LogP) is 4.49. The molecule has 2 aromatic carbocycles. The highest BCUT2D eigenvalue weighted by Crippen LogP contribution is 2.39. The van der Waals surface area contributed by atoms with E-state index in [2.05, 4.69) is 11.6 Å². The molecule has 0 saturated carbocycles. The first kappa shape index (κ1) is 30.9. The van der Waals surface area contributed by atoms with Gasteiger partial charge in [0, 0.05) is 39.8 Å². The van der Waals surface area contributed by atoms with Crippen molar-refractivity contribution in [2.24, 2.45) is 0 Å². The molecule has 2 amide bonds. The van der Waals surface area contributed by atoms with Crippen molar-refractivity contribution >= 4 is 40.0 Å². The van der Waals surface area contributed by atoms with Crippen molar-refractivity contribution < 1.29 is 18.4 Å². The van der Waals surface area contributed by atoms with E-state index in [1.807, 2.05) is 43.9 Å². The highest BCUT2D eigenvalue weighted by Gasteiger charge is 2.32. The average Bonchev–Trinajstić information content (AvgIpc) is 3.03. The predicted molar refractivity (Wildman–Crippen MR) is 175 cm³/mol. The Labute approximate surface area is 265 Å². The van der Waals surface area contributed by atoms with Gasteiger partial charge in [-0.25, -0.2) is 23.1 Å². The van der Waals surface area contributed by atoms with Gasteiger partial charge >= 0.3 is 5.69 Å². The molecule has 4 aromatic rings. The third-order valence-electron chi connectivity index (χ3n) is 8.83. The average molecular weight is 628 g/mol. The third-order valence-corrected chi connectivity index (χ3v) is 8.83. The molecule has 6 rings (SSSR count). The standard InChI is InChI=1S/C34H35F2N7O3/c1-7-27(44)41-14-15-42(20(4)17-41)32-22-16-24(36)30-29-23(35)11-9-12-25(29)40(6)28(45)18-39(5)26-13-8-10-21(19(2)3)31(26)43(33(22)37-30)34(46)38-32/h7-13,16,19-20H,1,14-15,17-18H2,2-6H3/t20-/m0/s1. The van der Waals surface area contributed by atoms with Crippen molar-refractivity contribution in [1.29, 1.82) is 0 Å². The summed E-state index contributed by atoms with van der Waals surface area (Å²) in [4.78, 5) is 56.0. The zero-order valence-electron chi connectivity index (χ0n) is 26.4. The number of halogens is 2. The van der Waals surface area contributed by atoms with Crippen LogP contribution in [-0.4, -0.2) is 77.6 Å². The molecule has 0 N–H and O–H groups in total. The number of pyridine rings is 1. The quantitative estimate of drug-likeness (QED) is 0.309. The Balaban J connectivity index is 1.73. The second-order valence-corrected chi connectivity index (χ2v) is 12.1. The normalized spacial score (nSPS) is 16.8. The van der Waals surface area contributed by atoms with Crippen LogP contribution in [0.2, 0.25) is 0 Å². The fraction of sp³-hybridized carbons (Fsp3) is 0.324. The molecule has 2 bridgehead atoms. The number of benzene rings is 2.